The topological polar surface area (TPSA) is 62.2 Å². The fourth-order valence-corrected chi connectivity index (χ4v) is 2.60. The Bertz CT molecular complexity index is 531. The number of ether oxygens (including phenoxy) is 2. The van der Waals surface area contributed by atoms with Gasteiger partial charge < -0.3 is 24.4 Å². The number of benzene rings is 1. The number of carbonyl (C=O) groups is 1. The van der Waals surface area contributed by atoms with E-state index in [0.29, 0.717) is 19.5 Å². The van der Waals surface area contributed by atoms with Crippen molar-refractivity contribution in [1.29, 1.82) is 0 Å². The first kappa shape index (κ1) is 18.5. The lowest BCUT2D eigenvalue weighted by Gasteiger charge is -2.36. The Kier molecular flexibility index (Phi) is 6.07. The largest absolute Gasteiger partial charge is 0.444 e. The maximum absolute atomic E-state index is 12.1. The van der Waals surface area contributed by atoms with Gasteiger partial charge in [-0.15, -0.1) is 0 Å². The molecule has 1 heterocycles. The minimum Gasteiger partial charge on any atom is -0.444 e. The molecule has 134 valence electrons. The Morgan fingerprint density at radius 3 is 2.25 bits per heavy atom. The van der Waals surface area contributed by atoms with Gasteiger partial charge in [-0.1, -0.05) is 12.1 Å². The van der Waals surface area contributed by atoms with E-state index in [1.54, 1.807) is 4.90 Å². The standard InChI is InChI=1S/C18H28N2O4/c1-18(2,3)24-17(22)20-11-9-19(10-12-20)15-7-5-14(6-8-15)13-16(21)23-4/h5-8,16,21H,9-13H2,1-4H3. The van der Waals surface area contributed by atoms with Gasteiger partial charge in [0.25, 0.3) is 0 Å². The van der Waals surface area contributed by atoms with E-state index >= 15 is 0 Å². The molecule has 6 nitrogen and oxygen atoms in total. The van der Waals surface area contributed by atoms with E-state index in [-0.39, 0.29) is 6.09 Å². The van der Waals surface area contributed by atoms with E-state index in [4.69, 9.17) is 9.47 Å². The molecule has 1 amide bonds. The summed E-state index contributed by atoms with van der Waals surface area (Å²) in [5.41, 5.74) is 1.69. The molecule has 1 saturated heterocycles. The van der Waals surface area contributed by atoms with Crippen molar-refractivity contribution in [2.24, 2.45) is 0 Å². The first-order valence-corrected chi connectivity index (χ1v) is 8.31. The fourth-order valence-electron chi connectivity index (χ4n) is 2.60. The summed E-state index contributed by atoms with van der Waals surface area (Å²) < 4.78 is 10.3. The molecule has 0 spiro atoms. The lowest BCUT2D eigenvalue weighted by Crippen LogP contribution is -2.50. The van der Waals surface area contributed by atoms with Crippen LogP contribution in [0.4, 0.5) is 10.5 Å². The van der Waals surface area contributed by atoms with Crippen molar-refractivity contribution < 1.29 is 19.4 Å². The summed E-state index contributed by atoms with van der Waals surface area (Å²) in [5.74, 6) is 0. The van der Waals surface area contributed by atoms with Crippen molar-refractivity contribution in [3.05, 3.63) is 29.8 Å². The number of aliphatic hydroxyl groups excluding tert-OH is 1. The van der Waals surface area contributed by atoms with Gasteiger partial charge >= 0.3 is 6.09 Å². The summed E-state index contributed by atoms with van der Waals surface area (Å²) in [6.45, 7) is 8.49. The number of aliphatic hydroxyl groups is 1. The highest BCUT2D eigenvalue weighted by molar-refractivity contribution is 5.68. The molecule has 1 fully saturated rings. The molecule has 2 rings (SSSR count). The van der Waals surface area contributed by atoms with Crippen molar-refractivity contribution >= 4 is 11.8 Å². The Labute approximate surface area is 144 Å². The van der Waals surface area contributed by atoms with Gasteiger partial charge in [-0.25, -0.2) is 4.79 Å². The van der Waals surface area contributed by atoms with Gasteiger partial charge in [-0.3, -0.25) is 0 Å². The predicted octanol–water partition coefficient (Wildman–Crippen LogP) is 2.25. The third-order valence-corrected chi connectivity index (χ3v) is 3.92. The summed E-state index contributed by atoms with van der Waals surface area (Å²) in [6, 6.07) is 8.08. The Balaban J connectivity index is 1.87. The smallest absolute Gasteiger partial charge is 0.410 e. The van der Waals surface area contributed by atoms with E-state index < -0.39 is 11.9 Å². The molecule has 1 aliphatic heterocycles. The highest BCUT2D eigenvalue weighted by atomic mass is 16.6. The average Bonchev–Trinajstić information content (AvgIpc) is 2.54. The summed E-state index contributed by atoms with van der Waals surface area (Å²) in [7, 11) is 1.49. The minimum atomic E-state index is -0.770. The molecule has 0 aromatic heterocycles. The van der Waals surface area contributed by atoms with Crippen LogP contribution in [-0.4, -0.2) is 61.3 Å². The zero-order valence-electron chi connectivity index (χ0n) is 15.0. The first-order valence-electron chi connectivity index (χ1n) is 8.31. The molecule has 1 N–H and O–H groups in total. The second-order valence-electron chi connectivity index (χ2n) is 7.02. The van der Waals surface area contributed by atoms with Crippen molar-refractivity contribution in [2.45, 2.75) is 39.1 Å². The average molecular weight is 336 g/mol. The minimum absolute atomic E-state index is 0.244. The number of hydrogen-bond donors (Lipinski definition) is 1. The van der Waals surface area contributed by atoms with E-state index in [1.807, 2.05) is 45.0 Å². The van der Waals surface area contributed by atoms with Crippen LogP contribution in [0.5, 0.6) is 0 Å². The Morgan fingerprint density at radius 1 is 1.17 bits per heavy atom. The van der Waals surface area contributed by atoms with Gasteiger partial charge in [-0.05, 0) is 38.5 Å². The molecule has 0 radical (unpaired) electrons. The summed E-state index contributed by atoms with van der Waals surface area (Å²) in [5, 5.41) is 9.51. The first-order chi connectivity index (χ1) is 11.3. The quantitative estimate of drug-likeness (QED) is 0.855. The van der Waals surface area contributed by atoms with Gasteiger partial charge in [0, 0.05) is 45.4 Å². The van der Waals surface area contributed by atoms with Crippen molar-refractivity contribution in [3.63, 3.8) is 0 Å². The molecular formula is C18H28N2O4. The lowest BCUT2D eigenvalue weighted by molar-refractivity contribution is -0.0720. The lowest BCUT2D eigenvalue weighted by atomic mass is 10.1. The van der Waals surface area contributed by atoms with E-state index in [2.05, 4.69) is 4.90 Å². The van der Waals surface area contributed by atoms with Crippen LogP contribution < -0.4 is 4.90 Å². The number of nitrogens with zero attached hydrogens (tertiary/aromatic N) is 2. The Morgan fingerprint density at radius 2 is 1.75 bits per heavy atom. The van der Waals surface area contributed by atoms with Gasteiger partial charge in [0.1, 0.15) is 5.60 Å². The van der Waals surface area contributed by atoms with Crippen molar-refractivity contribution in [1.82, 2.24) is 4.90 Å². The molecule has 0 aliphatic carbocycles. The predicted molar refractivity (Wildman–Crippen MR) is 93.2 cm³/mol. The van der Waals surface area contributed by atoms with Crippen LogP contribution in [0.2, 0.25) is 0 Å². The second-order valence-corrected chi connectivity index (χ2v) is 7.02. The number of hydrogen-bond acceptors (Lipinski definition) is 5. The van der Waals surface area contributed by atoms with Crippen LogP contribution in [0.3, 0.4) is 0 Å². The van der Waals surface area contributed by atoms with Gasteiger partial charge in [0.15, 0.2) is 6.29 Å². The van der Waals surface area contributed by atoms with Gasteiger partial charge in [0.05, 0.1) is 0 Å². The number of rotatable bonds is 4. The normalized spacial score (nSPS) is 16.9. The molecule has 1 aromatic rings. The van der Waals surface area contributed by atoms with Crippen LogP contribution in [0.1, 0.15) is 26.3 Å². The molecule has 1 aromatic carbocycles. The number of anilines is 1. The van der Waals surface area contributed by atoms with Crippen LogP contribution >= 0.6 is 0 Å². The maximum Gasteiger partial charge on any atom is 0.410 e. The summed E-state index contributed by atoms with van der Waals surface area (Å²) >= 11 is 0. The number of piperazine rings is 1. The molecule has 6 heteroatoms. The number of methoxy groups -OCH3 is 1. The van der Waals surface area contributed by atoms with Crippen LogP contribution in [-0.2, 0) is 15.9 Å². The summed E-state index contributed by atoms with van der Waals surface area (Å²) in [4.78, 5) is 16.1. The third kappa shape index (κ3) is 5.39. The van der Waals surface area contributed by atoms with Gasteiger partial charge in [-0.2, -0.15) is 0 Å². The van der Waals surface area contributed by atoms with Gasteiger partial charge in [0.2, 0.25) is 0 Å². The highest BCUT2D eigenvalue weighted by Crippen LogP contribution is 2.19. The zero-order valence-corrected chi connectivity index (χ0v) is 15.0. The molecule has 1 unspecified atom stereocenters. The Hall–Kier alpha value is -1.79. The third-order valence-electron chi connectivity index (χ3n) is 3.92. The molecule has 1 aliphatic rings. The van der Waals surface area contributed by atoms with E-state index in [1.165, 1.54) is 7.11 Å². The van der Waals surface area contributed by atoms with Crippen LogP contribution in [0.25, 0.3) is 0 Å². The van der Waals surface area contributed by atoms with Crippen molar-refractivity contribution in [2.75, 3.05) is 38.2 Å². The zero-order chi connectivity index (χ0) is 17.7. The van der Waals surface area contributed by atoms with Crippen LogP contribution in [0, 0.1) is 0 Å². The molecule has 0 bridgehead atoms. The molecule has 24 heavy (non-hydrogen) atoms. The van der Waals surface area contributed by atoms with Crippen LogP contribution in [0.15, 0.2) is 24.3 Å². The number of amides is 1. The number of carbonyl (C=O) groups excluding carboxylic acids is 1. The van der Waals surface area contributed by atoms with E-state index in [0.717, 1.165) is 24.3 Å². The summed E-state index contributed by atoms with van der Waals surface area (Å²) in [6.07, 6.45) is -0.539. The molecular weight excluding hydrogens is 308 g/mol. The maximum atomic E-state index is 12.1. The molecule has 0 saturated carbocycles. The van der Waals surface area contributed by atoms with E-state index in [9.17, 15) is 9.90 Å². The SMILES string of the molecule is COC(O)Cc1ccc(N2CCN(C(=O)OC(C)(C)C)CC2)cc1. The molecule has 1 atom stereocenters. The fraction of sp³-hybridized carbons (Fsp3) is 0.611. The second kappa shape index (κ2) is 7.85. The monoisotopic (exact) mass is 336 g/mol. The highest BCUT2D eigenvalue weighted by Gasteiger charge is 2.25. The van der Waals surface area contributed by atoms with Crippen molar-refractivity contribution in [3.8, 4) is 0 Å².